The number of hydrogen-bond donors (Lipinski definition) is 1. The molecule has 1 N–H and O–H groups in total. The Bertz CT molecular complexity index is 1180. The lowest BCUT2D eigenvalue weighted by Crippen LogP contribution is -2.24. The number of para-hydroxylation sites is 1. The summed E-state index contributed by atoms with van der Waals surface area (Å²) in [5.41, 5.74) is 2.30. The lowest BCUT2D eigenvalue weighted by atomic mass is 10.1. The summed E-state index contributed by atoms with van der Waals surface area (Å²) in [6, 6.07) is 21.8. The van der Waals surface area contributed by atoms with Crippen LogP contribution >= 0.6 is 11.6 Å². The number of benzene rings is 3. The molecule has 3 aromatic rings. The summed E-state index contributed by atoms with van der Waals surface area (Å²) in [4.78, 5) is 12.7. The Morgan fingerprint density at radius 2 is 1.79 bits per heavy atom. The molecule has 6 nitrogen and oxygen atoms in total. The molecular weight excluding hydrogens is 440 g/mol. The van der Waals surface area contributed by atoms with Crippen molar-refractivity contribution in [2.45, 2.75) is 13.2 Å². The molecule has 7 heteroatoms. The van der Waals surface area contributed by atoms with Crippen molar-refractivity contribution >= 4 is 23.6 Å². The highest BCUT2D eigenvalue weighted by molar-refractivity contribution is 6.30. The van der Waals surface area contributed by atoms with Crippen molar-refractivity contribution in [1.29, 1.82) is 5.26 Å². The Morgan fingerprint density at radius 3 is 2.48 bits per heavy atom. The number of nitrogens with zero attached hydrogens (tertiary/aromatic N) is 1. The van der Waals surface area contributed by atoms with Gasteiger partial charge in [0.25, 0.3) is 5.91 Å². The summed E-state index contributed by atoms with van der Waals surface area (Å²) in [7, 11) is 3.11. The lowest BCUT2D eigenvalue weighted by molar-refractivity contribution is -0.117. The zero-order valence-corrected chi connectivity index (χ0v) is 19.1. The van der Waals surface area contributed by atoms with Crippen LogP contribution in [0.2, 0.25) is 5.02 Å². The van der Waals surface area contributed by atoms with Crippen LogP contribution in [0.4, 0.5) is 0 Å². The zero-order chi connectivity index (χ0) is 23.6. The molecule has 0 fully saturated rings. The van der Waals surface area contributed by atoms with Crippen molar-refractivity contribution in [3.63, 3.8) is 0 Å². The number of carbonyl (C=O) groups is 1. The number of hydrogen-bond acceptors (Lipinski definition) is 5. The van der Waals surface area contributed by atoms with E-state index in [2.05, 4.69) is 5.32 Å². The molecule has 0 saturated heterocycles. The monoisotopic (exact) mass is 462 g/mol. The van der Waals surface area contributed by atoms with Gasteiger partial charge >= 0.3 is 0 Å². The minimum absolute atomic E-state index is 0.0370. The van der Waals surface area contributed by atoms with Crippen LogP contribution in [0.3, 0.4) is 0 Å². The van der Waals surface area contributed by atoms with Gasteiger partial charge in [-0.25, -0.2) is 0 Å². The number of halogens is 1. The minimum Gasteiger partial charge on any atom is -0.497 e. The number of ether oxygens (including phenoxy) is 3. The number of carbonyl (C=O) groups excluding carboxylic acids is 1. The summed E-state index contributed by atoms with van der Waals surface area (Å²) >= 11 is 5.92. The number of nitrogens with one attached hydrogen (secondary N) is 1. The molecule has 0 bridgehead atoms. The highest BCUT2D eigenvalue weighted by atomic mass is 35.5. The van der Waals surface area contributed by atoms with E-state index in [0.717, 1.165) is 11.1 Å². The molecule has 3 aromatic carbocycles. The number of nitriles is 1. The van der Waals surface area contributed by atoms with Crippen LogP contribution in [0, 0.1) is 11.3 Å². The lowest BCUT2D eigenvalue weighted by Gasteiger charge is -2.12. The molecule has 0 spiro atoms. The Morgan fingerprint density at radius 1 is 1.03 bits per heavy atom. The van der Waals surface area contributed by atoms with Gasteiger partial charge in [-0.3, -0.25) is 4.79 Å². The smallest absolute Gasteiger partial charge is 0.262 e. The van der Waals surface area contributed by atoms with E-state index in [1.54, 1.807) is 56.7 Å². The first-order valence-corrected chi connectivity index (χ1v) is 10.5. The average Bonchev–Trinajstić information content (AvgIpc) is 2.85. The van der Waals surface area contributed by atoms with Gasteiger partial charge in [0.1, 0.15) is 35.5 Å². The van der Waals surface area contributed by atoms with Gasteiger partial charge in [0.2, 0.25) is 0 Å². The third kappa shape index (κ3) is 6.52. The first kappa shape index (κ1) is 23.7. The van der Waals surface area contributed by atoms with Gasteiger partial charge in [0, 0.05) is 28.8 Å². The van der Waals surface area contributed by atoms with Crippen LogP contribution in [-0.4, -0.2) is 20.1 Å². The fourth-order valence-electron chi connectivity index (χ4n) is 3.05. The summed E-state index contributed by atoms with van der Waals surface area (Å²) in [5, 5.41) is 13.0. The molecule has 0 saturated carbocycles. The van der Waals surface area contributed by atoms with Crippen molar-refractivity contribution in [3.05, 3.63) is 94.0 Å². The standard InChI is InChI=1S/C26H23ClN2O4/c1-31-23-12-9-20(25(14-23)32-2)16-29-26(30)21(15-28)13-19-5-3-4-6-24(19)33-17-18-7-10-22(27)11-8-18/h3-14H,16-17H2,1-2H3,(H,29,30)/b21-13+. The molecule has 1 amide bonds. The zero-order valence-electron chi connectivity index (χ0n) is 18.3. The average molecular weight is 463 g/mol. The number of rotatable bonds is 9. The van der Waals surface area contributed by atoms with Crippen molar-refractivity contribution in [3.8, 4) is 23.3 Å². The van der Waals surface area contributed by atoms with Gasteiger partial charge in [-0.15, -0.1) is 0 Å². The Labute approximate surface area is 198 Å². The largest absolute Gasteiger partial charge is 0.497 e. The van der Waals surface area contributed by atoms with Gasteiger partial charge in [0.15, 0.2) is 0 Å². The van der Waals surface area contributed by atoms with Gasteiger partial charge in [0.05, 0.1) is 14.2 Å². The third-order valence-corrected chi connectivity index (χ3v) is 5.08. The Hall–Kier alpha value is -3.95. The quantitative estimate of drug-likeness (QED) is 0.351. The molecule has 0 heterocycles. The predicted octanol–water partition coefficient (Wildman–Crippen LogP) is 5.16. The van der Waals surface area contributed by atoms with E-state index in [1.807, 2.05) is 30.3 Å². The van der Waals surface area contributed by atoms with Gasteiger partial charge in [-0.1, -0.05) is 41.9 Å². The van der Waals surface area contributed by atoms with E-state index < -0.39 is 5.91 Å². The SMILES string of the molecule is COc1ccc(CNC(=O)/C(C#N)=C/c2ccccc2OCc2ccc(Cl)cc2)c(OC)c1. The van der Waals surface area contributed by atoms with E-state index in [-0.39, 0.29) is 12.1 Å². The maximum atomic E-state index is 12.7. The van der Waals surface area contributed by atoms with Crippen molar-refractivity contribution in [2.24, 2.45) is 0 Å². The maximum absolute atomic E-state index is 12.7. The van der Waals surface area contributed by atoms with E-state index >= 15 is 0 Å². The van der Waals surface area contributed by atoms with E-state index in [0.29, 0.717) is 34.4 Å². The molecule has 33 heavy (non-hydrogen) atoms. The first-order chi connectivity index (χ1) is 16.0. The van der Waals surface area contributed by atoms with E-state index in [4.69, 9.17) is 25.8 Å². The summed E-state index contributed by atoms with van der Waals surface area (Å²) in [5.74, 6) is 1.29. The predicted molar refractivity (Wildman–Crippen MR) is 127 cm³/mol. The van der Waals surface area contributed by atoms with Crippen LogP contribution in [-0.2, 0) is 17.9 Å². The molecule has 0 atom stereocenters. The molecule has 3 rings (SSSR count). The fraction of sp³-hybridized carbons (Fsp3) is 0.154. The Balaban J connectivity index is 1.72. The minimum atomic E-state index is -0.497. The van der Waals surface area contributed by atoms with Crippen LogP contribution in [0.1, 0.15) is 16.7 Å². The fourth-order valence-corrected chi connectivity index (χ4v) is 3.17. The van der Waals surface area contributed by atoms with Crippen molar-refractivity contribution in [1.82, 2.24) is 5.32 Å². The molecular formula is C26H23ClN2O4. The van der Waals surface area contributed by atoms with Gasteiger partial charge in [-0.2, -0.15) is 5.26 Å². The second-order valence-electron chi connectivity index (χ2n) is 6.98. The normalized spacial score (nSPS) is 10.8. The van der Waals surface area contributed by atoms with Crippen LogP contribution < -0.4 is 19.5 Å². The third-order valence-electron chi connectivity index (χ3n) is 4.83. The second kappa shape index (κ2) is 11.6. The second-order valence-corrected chi connectivity index (χ2v) is 7.42. The summed E-state index contributed by atoms with van der Waals surface area (Å²) < 4.78 is 16.5. The number of amides is 1. The highest BCUT2D eigenvalue weighted by Crippen LogP contribution is 2.25. The summed E-state index contributed by atoms with van der Waals surface area (Å²) in [6.45, 7) is 0.521. The molecule has 168 valence electrons. The molecule has 0 radical (unpaired) electrons. The molecule has 0 aliphatic rings. The first-order valence-electron chi connectivity index (χ1n) is 10.1. The van der Waals surface area contributed by atoms with Gasteiger partial charge in [-0.05, 0) is 42.0 Å². The molecule has 0 aromatic heterocycles. The van der Waals surface area contributed by atoms with E-state index in [1.165, 1.54) is 6.08 Å². The van der Waals surface area contributed by atoms with Gasteiger partial charge < -0.3 is 19.5 Å². The topological polar surface area (TPSA) is 80.6 Å². The molecule has 0 unspecified atom stereocenters. The van der Waals surface area contributed by atoms with Crippen LogP contribution in [0.25, 0.3) is 6.08 Å². The highest BCUT2D eigenvalue weighted by Gasteiger charge is 2.13. The van der Waals surface area contributed by atoms with Crippen LogP contribution in [0.5, 0.6) is 17.2 Å². The van der Waals surface area contributed by atoms with Crippen molar-refractivity contribution in [2.75, 3.05) is 14.2 Å². The molecule has 0 aliphatic heterocycles. The van der Waals surface area contributed by atoms with Crippen LogP contribution in [0.15, 0.2) is 72.3 Å². The van der Waals surface area contributed by atoms with E-state index in [9.17, 15) is 10.1 Å². The summed E-state index contributed by atoms with van der Waals surface area (Å²) in [6.07, 6.45) is 1.51. The molecule has 0 aliphatic carbocycles. The number of methoxy groups -OCH3 is 2. The maximum Gasteiger partial charge on any atom is 0.262 e. The Kier molecular flexibility index (Phi) is 8.34. The van der Waals surface area contributed by atoms with Crippen molar-refractivity contribution < 1.29 is 19.0 Å².